The molecule has 1 aromatic rings. The molecular formula is C13H20N2OS. The van der Waals surface area contributed by atoms with Gasteiger partial charge in [0.25, 0.3) is 0 Å². The van der Waals surface area contributed by atoms with Gasteiger partial charge in [0.1, 0.15) is 0 Å². The van der Waals surface area contributed by atoms with Gasteiger partial charge < -0.3 is 10.6 Å². The summed E-state index contributed by atoms with van der Waals surface area (Å²) in [5.74, 6) is 0.0998. The molecule has 0 aliphatic heterocycles. The van der Waals surface area contributed by atoms with Gasteiger partial charge in [0.05, 0.1) is 12.1 Å². The first-order valence-corrected chi connectivity index (χ1v) is 6.98. The number of nitrogens with zero attached hydrogens (tertiary/aromatic N) is 1. The Morgan fingerprint density at radius 1 is 1.53 bits per heavy atom. The van der Waals surface area contributed by atoms with E-state index < -0.39 is 5.54 Å². The van der Waals surface area contributed by atoms with Gasteiger partial charge in [-0.25, -0.2) is 0 Å². The molecule has 1 aliphatic carbocycles. The Morgan fingerprint density at radius 3 is 2.71 bits per heavy atom. The standard InChI is InChI=1S/C13H20N2OS/c1-10-5-8-17-11(10)9-15(2)12(16)13(14)6-3-4-7-13/h5,8H,3-4,6-7,9,14H2,1-2H3. The van der Waals surface area contributed by atoms with Gasteiger partial charge in [-0.15, -0.1) is 11.3 Å². The highest BCUT2D eigenvalue weighted by molar-refractivity contribution is 7.10. The minimum Gasteiger partial charge on any atom is -0.339 e. The van der Waals surface area contributed by atoms with Crippen molar-refractivity contribution in [1.29, 1.82) is 0 Å². The van der Waals surface area contributed by atoms with Gasteiger partial charge >= 0.3 is 0 Å². The summed E-state index contributed by atoms with van der Waals surface area (Å²) in [6.07, 6.45) is 3.82. The Hall–Kier alpha value is -0.870. The van der Waals surface area contributed by atoms with Crippen molar-refractivity contribution in [2.45, 2.75) is 44.7 Å². The first-order valence-electron chi connectivity index (χ1n) is 6.10. The smallest absolute Gasteiger partial charge is 0.242 e. The van der Waals surface area contributed by atoms with Gasteiger partial charge in [-0.3, -0.25) is 4.79 Å². The Kier molecular flexibility index (Phi) is 3.54. The number of amides is 1. The average molecular weight is 252 g/mol. The maximum Gasteiger partial charge on any atom is 0.242 e. The van der Waals surface area contributed by atoms with Crippen molar-refractivity contribution < 1.29 is 4.79 Å². The first-order chi connectivity index (χ1) is 8.03. The largest absolute Gasteiger partial charge is 0.339 e. The van der Waals surface area contributed by atoms with E-state index in [2.05, 4.69) is 18.4 Å². The van der Waals surface area contributed by atoms with Gasteiger partial charge in [-0.2, -0.15) is 0 Å². The van der Waals surface area contributed by atoms with E-state index >= 15 is 0 Å². The molecule has 4 heteroatoms. The zero-order valence-corrected chi connectivity index (χ0v) is 11.3. The number of thiophene rings is 1. The minimum atomic E-state index is -0.597. The molecule has 0 aromatic carbocycles. The number of carbonyl (C=O) groups excluding carboxylic acids is 1. The van der Waals surface area contributed by atoms with Crippen LogP contribution in [-0.4, -0.2) is 23.4 Å². The Labute approximate surface area is 107 Å². The van der Waals surface area contributed by atoms with Crippen molar-refractivity contribution in [2.24, 2.45) is 5.73 Å². The van der Waals surface area contributed by atoms with E-state index in [1.54, 1.807) is 16.2 Å². The molecule has 0 saturated heterocycles. The molecule has 1 aromatic heterocycles. The van der Waals surface area contributed by atoms with Gasteiger partial charge in [-0.1, -0.05) is 12.8 Å². The summed E-state index contributed by atoms with van der Waals surface area (Å²) >= 11 is 1.70. The minimum absolute atomic E-state index is 0.0998. The first kappa shape index (κ1) is 12.6. The van der Waals surface area contributed by atoms with E-state index in [1.807, 2.05) is 7.05 Å². The molecule has 1 aliphatic rings. The van der Waals surface area contributed by atoms with Crippen molar-refractivity contribution in [3.05, 3.63) is 21.9 Å². The van der Waals surface area contributed by atoms with Crippen LogP contribution in [0.3, 0.4) is 0 Å². The number of aryl methyl sites for hydroxylation is 1. The lowest BCUT2D eigenvalue weighted by atomic mass is 9.97. The third-order valence-electron chi connectivity index (χ3n) is 3.62. The number of rotatable bonds is 3. The maximum atomic E-state index is 12.3. The van der Waals surface area contributed by atoms with Crippen LogP contribution < -0.4 is 5.73 Å². The van der Waals surface area contributed by atoms with Crippen LogP contribution in [0.25, 0.3) is 0 Å². The van der Waals surface area contributed by atoms with Crippen LogP contribution >= 0.6 is 11.3 Å². The molecule has 2 rings (SSSR count). The van der Waals surface area contributed by atoms with Crippen molar-refractivity contribution in [3.8, 4) is 0 Å². The van der Waals surface area contributed by atoms with Crippen LogP contribution in [-0.2, 0) is 11.3 Å². The van der Waals surface area contributed by atoms with Gasteiger partial charge in [0, 0.05) is 11.9 Å². The van der Waals surface area contributed by atoms with E-state index in [0.717, 1.165) is 25.7 Å². The molecule has 0 atom stereocenters. The van der Waals surface area contributed by atoms with Crippen LogP contribution in [0.15, 0.2) is 11.4 Å². The third-order valence-corrected chi connectivity index (χ3v) is 4.63. The fraction of sp³-hybridized carbons (Fsp3) is 0.615. The van der Waals surface area contributed by atoms with Crippen LogP contribution in [0.1, 0.15) is 36.1 Å². The van der Waals surface area contributed by atoms with Gasteiger partial charge in [-0.05, 0) is 36.8 Å². The lowest BCUT2D eigenvalue weighted by molar-refractivity contribution is -0.136. The van der Waals surface area contributed by atoms with Gasteiger partial charge in [0.2, 0.25) is 5.91 Å². The molecular weight excluding hydrogens is 232 g/mol. The molecule has 0 radical (unpaired) electrons. The highest BCUT2D eigenvalue weighted by Crippen LogP contribution is 2.29. The zero-order chi connectivity index (χ0) is 12.5. The SMILES string of the molecule is Cc1ccsc1CN(C)C(=O)C1(N)CCCC1. The molecule has 3 nitrogen and oxygen atoms in total. The van der Waals surface area contributed by atoms with E-state index in [9.17, 15) is 4.79 Å². The number of nitrogens with two attached hydrogens (primary N) is 1. The zero-order valence-electron chi connectivity index (χ0n) is 10.5. The number of likely N-dealkylation sites (N-methyl/N-ethyl adjacent to an activating group) is 1. The molecule has 0 unspecified atom stereocenters. The summed E-state index contributed by atoms with van der Waals surface area (Å²) < 4.78 is 0. The molecule has 1 saturated carbocycles. The maximum absolute atomic E-state index is 12.3. The molecule has 0 bridgehead atoms. The quantitative estimate of drug-likeness (QED) is 0.897. The van der Waals surface area contributed by atoms with Crippen molar-refractivity contribution in [3.63, 3.8) is 0 Å². The van der Waals surface area contributed by atoms with E-state index in [4.69, 9.17) is 5.73 Å². The van der Waals surface area contributed by atoms with E-state index in [1.165, 1.54) is 10.4 Å². The molecule has 1 fully saturated rings. The normalized spacial score (nSPS) is 18.3. The second-order valence-corrected chi connectivity index (χ2v) is 6.05. The second kappa shape index (κ2) is 4.78. The molecule has 1 amide bonds. The Balaban J connectivity index is 2.03. The summed E-state index contributed by atoms with van der Waals surface area (Å²) in [7, 11) is 1.86. The second-order valence-electron chi connectivity index (χ2n) is 5.05. The summed E-state index contributed by atoms with van der Waals surface area (Å²) in [5.41, 5.74) is 6.84. The topological polar surface area (TPSA) is 46.3 Å². The number of carbonyl (C=O) groups is 1. The number of hydrogen-bond donors (Lipinski definition) is 1. The summed E-state index contributed by atoms with van der Waals surface area (Å²) in [4.78, 5) is 15.3. The summed E-state index contributed by atoms with van der Waals surface area (Å²) in [6, 6.07) is 2.09. The highest BCUT2D eigenvalue weighted by Gasteiger charge is 2.38. The average Bonchev–Trinajstić information content (AvgIpc) is 2.89. The lowest BCUT2D eigenvalue weighted by Gasteiger charge is -2.28. The summed E-state index contributed by atoms with van der Waals surface area (Å²) in [6.45, 7) is 2.76. The molecule has 94 valence electrons. The predicted molar refractivity (Wildman–Crippen MR) is 70.9 cm³/mol. The fourth-order valence-corrected chi connectivity index (χ4v) is 3.41. The van der Waals surface area contributed by atoms with Crippen molar-refractivity contribution in [2.75, 3.05) is 7.05 Å². The van der Waals surface area contributed by atoms with E-state index in [-0.39, 0.29) is 5.91 Å². The van der Waals surface area contributed by atoms with Crippen LogP contribution in [0, 0.1) is 6.92 Å². The molecule has 17 heavy (non-hydrogen) atoms. The number of hydrogen-bond acceptors (Lipinski definition) is 3. The monoisotopic (exact) mass is 252 g/mol. The van der Waals surface area contributed by atoms with Crippen molar-refractivity contribution >= 4 is 17.2 Å². The predicted octanol–water partition coefficient (Wildman–Crippen LogP) is 2.29. The molecule has 2 N–H and O–H groups in total. The Bertz CT molecular complexity index is 407. The molecule has 0 spiro atoms. The van der Waals surface area contributed by atoms with Crippen LogP contribution in [0.5, 0.6) is 0 Å². The Morgan fingerprint density at radius 2 is 2.18 bits per heavy atom. The fourth-order valence-electron chi connectivity index (χ4n) is 2.45. The third kappa shape index (κ3) is 2.53. The van der Waals surface area contributed by atoms with Crippen LogP contribution in [0.2, 0.25) is 0 Å². The van der Waals surface area contributed by atoms with Crippen molar-refractivity contribution in [1.82, 2.24) is 4.90 Å². The molecule has 1 heterocycles. The van der Waals surface area contributed by atoms with Gasteiger partial charge in [0.15, 0.2) is 0 Å². The van der Waals surface area contributed by atoms with E-state index in [0.29, 0.717) is 6.54 Å². The lowest BCUT2D eigenvalue weighted by Crippen LogP contribution is -2.52. The summed E-state index contributed by atoms with van der Waals surface area (Å²) in [5, 5.41) is 2.07. The van der Waals surface area contributed by atoms with Crippen LogP contribution in [0.4, 0.5) is 0 Å². The highest BCUT2D eigenvalue weighted by atomic mass is 32.1.